The van der Waals surface area contributed by atoms with Crippen LogP contribution in [0.15, 0.2) is 53.7 Å². The number of hydrogen-bond acceptors (Lipinski definition) is 7. The average Bonchev–Trinajstić information content (AvgIpc) is 3.26. The minimum Gasteiger partial charge on any atom is -0.447 e. The SMILES string of the molecule is O=C1N[C@@]2(CCC(c3ccc4c(c3)CC[C@]3(C4)C[C@H]3S(=O)(=O)c3nnnn3-c3ccccc3)C2)CO1. The summed E-state index contributed by atoms with van der Waals surface area (Å²) < 4.78 is 33.7. The highest BCUT2D eigenvalue weighted by molar-refractivity contribution is 7.92. The molecular weight excluding hydrogens is 478 g/mol. The molecule has 4 aliphatic rings. The third-order valence-electron chi connectivity index (χ3n) is 8.78. The molecule has 1 unspecified atom stereocenters. The lowest BCUT2D eigenvalue weighted by Crippen LogP contribution is -2.40. The van der Waals surface area contributed by atoms with Crippen LogP contribution < -0.4 is 5.32 Å². The number of alkyl carbamates (subject to hydrolysis) is 1. The van der Waals surface area contributed by atoms with Crippen molar-refractivity contribution in [3.8, 4) is 5.69 Å². The zero-order chi connectivity index (χ0) is 24.5. The van der Waals surface area contributed by atoms with Crippen LogP contribution in [-0.4, -0.2) is 52.1 Å². The molecule has 9 nitrogen and oxygen atoms in total. The zero-order valence-corrected chi connectivity index (χ0v) is 20.6. The van der Waals surface area contributed by atoms with Crippen molar-refractivity contribution in [2.45, 2.75) is 66.8 Å². The molecule has 1 saturated heterocycles. The highest BCUT2D eigenvalue weighted by Gasteiger charge is 2.62. The summed E-state index contributed by atoms with van der Waals surface area (Å²) in [6, 6.07) is 15.8. The number of benzene rings is 2. The molecule has 1 amide bonds. The summed E-state index contributed by atoms with van der Waals surface area (Å²) in [7, 11) is -3.67. The Bertz CT molecular complexity index is 1470. The lowest BCUT2D eigenvalue weighted by atomic mass is 9.79. The molecule has 3 aliphatic carbocycles. The first-order chi connectivity index (χ1) is 17.4. The number of nitrogens with one attached hydrogen (secondary N) is 1. The number of hydrogen-bond donors (Lipinski definition) is 1. The Balaban J connectivity index is 1.10. The van der Waals surface area contributed by atoms with Crippen LogP contribution >= 0.6 is 0 Å². The van der Waals surface area contributed by atoms with Crippen LogP contribution in [0.25, 0.3) is 5.69 Å². The van der Waals surface area contributed by atoms with Gasteiger partial charge in [-0.05, 0) is 95.5 Å². The van der Waals surface area contributed by atoms with E-state index in [9.17, 15) is 13.2 Å². The van der Waals surface area contributed by atoms with Gasteiger partial charge in [-0.25, -0.2) is 13.2 Å². The molecular formula is C26H27N5O4S. The Morgan fingerprint density at radius 1 is 1.06 bits per heavy atom. The molecule has 36 heavy (non-hydrogen) atoms. The maximum Gasteiger partial charge on any atom is 0.407 e. The van der Waals surface area contributed by atoms with Gasteiger partial charge in [0.25, 0.3) is 5.16 Å². The fourth-order valence-corrected chi connectivity index (χ4v) is 8.92. The lowest BCUT2D eigenvalue weighted by molar-refractivity contribution is 0.172. The van der Waals surface area contributed by atoms with Gasteiger partial charge in [-0.2, -0.15) is 4.68 Å². The molecule has 2 spiro atoms. The Hall–Kier alpha value is -3.27. The summed E-state index contributed by atoms with van der Waals surface area (Å²) in [5.41, 5.74) is 4.05. The van der Waals surface area contributed by atoms with Crippen molar-refractivity contribution < 1.29 is 17.9 Å². The molecule has 0 radical (unpaired) electrons. The normalized spacial score (nSPS) is 30.8. The molecule has 10 heteroatoms. The van der Waals surface area contributed by atoms with Crippen LogP contribution in [0, 0.1) is 5.41 Å². The van der Waals surface area contributed by atoms with Crippen molar-refractivity contribution in [3.63, 3.8) is 0 Å². The van der Waals surface area contributed by atoms with E-state index in [1.165, 1.54) is 21.4 Å². The van der Waals surface area contributed by atoms with Crippen molar-refractivity contribution in [1.82, 2.24) is 25.5 Å². The molecule has 3 fully saturated rings. The van der Waals surface area contributed by atoms with Crippen LogP contribution in [-0.2, 0) is 27.4 Å². The van der Waals surface area contributed by atoms with Gasteiger partial charge in [-0.15, -0.1) is 0 Å². The van der Waals surface area contributed by atoms with Crippen molar-refractivity contribution >= 4 is 15.9 Å². The number of para-hydroxylation sites is 1. The molecule has 7 rings (SSSR count). The van der Waals surface area contributed by atoms with Crippen molar-refractivity contribution in [2.75, 3.05) is 6.61 Å². The first kappa shape index (κ1) is 22.0. The predicted octanol–water partition coefficient (Wildman–Crippen LogP) is 3.13. The number of fused-ring (bicyclic) bond motifs is 1. The van der Waals surface area contributed by atoms with Gasteiger partial charge in [-0.1, -0.05) is 41.5 Å². The number of carbonyl (C=O) groups is 1. The van der Waals surface area contributed by atoms with Gasteiger partial charge in [0.1, 0.15) is 6.61 Å². The van der Waals surface area contributed by atoms with E-state index < -0.39 is 15.1 Å². The maximum absolute atomic E-state index is 13.6. The van der Waals surface area contributed by atoms with E-state index in [1.807, 2.05) is 18.2 Å². The first-order valence-electron chi connectivity index (χ1n) is 12.5. The number of ether oxygens (including phenoxy) is 1. The van der Waals surface area contributed by atoms with Crippen LogP contribution in [0.4, 0.5) is 4.79 Å². The smallest absolute Gasteiger partial charge is 0.407 e. The molecule has 186 valence electrons. The van der Waals surface area contributed by atoms with E-state index in [1.54, 1.807) is 12.1 Å². The molecule has 4 atom stereocenters. The first-order valence-corrected chi connectivity index (χ1v) is 14.1. The third-order valence-corrected chi connectivity index (χ3v) is 11.0. The van der Waals surface area contributed by atoms with Gasteiger partial charge < -0.3 is 10.1 Å². The summed E-state index contributed by atoms with van der Waals surface area (Å²) in [5, 5.41) is 14.0. The van der Waals surface area contributed by atoms with Crippen molar-refractivity contribution in [3.05, 3.63) is 65.2 Å². The number of carbonyl (C=O) groups excluding carboxylic acids is 1. The molecule has 2 heterocycles. The second-order valence-corrected chi connectivity index (χ2v) is 13.0. The molecule has 0 bridgehead atoms. The molecule has 2 aromatic carbocycles. The minimum absolute atomic E-state index is 0.0742. The second-order valence-electron chi connectivity index (χ2n) is 10.9. The van der Waals surface area contributed by atoms with Crippen LogP contribution in [0.3, 0.4) is 0 Å². The maximum atomic E-state index is 13.6. The van der Waals surface area contributed by atoms with E-state index in [4.69, 9.17) is 4.74 Å². The van der Waals surface area contributed by atoms with E-state index in [-0.39, 0.29) is 22.2 Å². The summed E-state index contributed by atoms with van der Waals surface area (Å²) in [6.45, 7) is 0.458. The fourth-order valence-electron chi connectivity index (χ4n) is 6.72. The average molecular weight is 506 g/mol. The summed E-state index contributed by atoms with van der Waals surface area (Å²) in [6.07, 6.45) is 5.68. The Morgan fingerprint density at radius 3 is 2.72 bits per heavy atom. The number of aryl methyl sites for hydroxylation is 1. The minimum atomic E-state index is -3.67. The summed E-state index contributed by atoms with van der Waals surface area (Å²) in [4.78, 5) is 11.6. The van der Waals surface area contributed by atoms with Gasteiger partial charge in [0, 0.05) is 0 Å². The number of cyclic esters (lactones) is 1. The fraction of sp³-hybridized carbons (Fsp3) is 0.462. The van der Waals surface area contributed by atoms with E-state index in [0.717, 1.165) is 38.5 Å². The molecule has 2 saturated carbocycles. The number of tetrazole rings is 1. The standard InChI is InChI=1S/C26H27N5O4S/c32-24-27-26(16-35-24)11-9-20(14-26)17-6-7-19-13-25(10-8-18(19)12-17)15-22(25)36(33,34)23-28-29-30-31(23)21-4-2-1-3-5-21/h1-7,12,20,22H,8-11,13-16H2,(H,27,32)/t20?,22-,25+,26-/m1/s1. The van der Waals surface area contributed by atoms with Crippen molar-refractivity contribution in [2.24, 2.45) is 5.41 Å². The Labute approximate surface area is 209 Å². The van der Waals surface area contributed by atoms with E-state index >= 15 is 0 Å². The largest absolute Gasteiger partial charge is 0.447 e. The highest BCUT2D eigenvalue weighted by atomic mass is 32.2. The van der Waals surface area contributed by atoms with E-state index in [0.29, 0.717) is 24.6 Å². The van der Waals surface area contributed by atoms with Gasteiger partial charge in [0.2, 0.25) is 9.84 Å². The summed E-state index contributed by atoms with van der Waals surface area (Å²) in [5.74, 6) is 0.402. The molecule has 3 aromatic rings. The summed E-state index contributed by atoms with van der Waals surface area (Å²) >= 11 is 0. The van der Waals surface area contributed by atoms with Gasteiger partial charge in [0.15, 0.2) is 0 Å². The van der Waals surface area contributed by atoms with Crippen LogP contribution in [0.1, 0.15) is 54.7 Å². The molecule has 1 aliphatic heterocycles. The monoisotopic (exact) mass is 505 g/mol. The Kier molecular flexibility index (Phi) is 4.65. The number of nitrogens with zero attached hydrogens (tertiary/aromatic N) is 4. The van der Waals surface area contributed by atoms with Gasteiger partial charge in [0.05, 0.1) is 16.5 Å². The number of rotatable bonds is 4. The zero-order valence-electron chi connectivity index (χ0n) is 19.8. The highest BCUT2D eigenvalue weighted by Crippen LogP contribution is 2.59. The van der Waals surface area contributed by atoms with Crippen LogP contribution in [0.2, 0.25) is 0 Å². The number of amides is 1. The van der Waals surface area contributed by atoms with Crippen molar-refractivity contribution in [1.29, 1.82) is 0 Å². The quantitative estimate of drug-likeness (QED) is 0.579. The second kappa shape index (κ2) is 7.61. The molecule has 1 N–H and O–H groups in total. The number of sulfone groups is 1. The molecule has 1 aromatic heterocycles. The van der Waals surface area contributed by atoms with Crippen LogP contribution in [0.5, 0.6) is 0 Å². The van der Waals surface area contributed by atoms with Gasteiger partial charge in [-0.3, -0.25) is 0 Å². The topological polar surface area (TPSA) is 116 Å². The third kappa shape index (κ3) is 3.37. The Morgan fingerprint density at radius 2 is 1.92 bits per heavy atom. The number of aromatic nitrogens is 4. The van der Waals surface area contributed by atoms with E-state index in [2.05, 4.69) is 39.0 Å². The predicted molar refractivity (Wildman–Crippen MR) is 129 cm³/mol. The van der Waals surface area contributed by atoms with Gasteiger partial charge >= 0.3 is 6.09 Å². The lowest BCUT2D eigenvalue weighted by Gasteiger charge is -2.27.